The minimum absolute atomic E-state index is 0. The third-order valence-electron chi connectivity index (χ3n) is 3.89. The van der Waals surface area contributed by atoms with Crippen LogP contribution in [0.2, 0.25) is 0 Å². The Hall–Kier alpha value is -0.700. The van der Waals surface area contributed by atoms with Crippen molar-refractivity contribution in [3.8, 4) is 11.5 Å². The Bertz CT molecular complexity index is 523. The van der Waals surface area contributed by atoms with Crippen molar-refractivity contribution in [2.45, 2.75) is 33.2 Å². The molecule has 0 aliphatic rings. The molecular weight excluding hydrogens is 485 g/mol. The highest BCUT2D eigenvalue weighted by molar-refractivity contribution is 14.0. The summed E-state index contributed by atoms with van der Waals surface area (Å²) in [4.78, 5) is 4.27. The van der Waals surface area contributed by atoms with Crippen LogP contribution in [0.3, 0.4) is 0 Å². The topological polar surface area (TPSA) is 54.9 Å². The summed E-state index contributed by atoms with van der Waals surface area (Å²) in [6, 6.07) is 3.98. The number of ether oxygens (including phenoxy) is 2. The molecule has 5 nitrogen and oxygen atoms in total. The van der Waals surface area contributed by atoms with E-state index >= 15 is 0 Å². The van der Waals surface area contributed by atoms with E-state index in [1.807, 2.05) is 12.1 Å². The molecule has 0 saturated heterocycles. The van der Waals surface area contributed by atoms with E-state index in [1.165, 1.54) is 12.8 Å². The molecule has 0 amide bonds. The zero-order valence-corrected chi connectivity index (χ0v) is 19.0. The predicted molar refractivity (Wildman–Crippen MR) is 115 cm³/mol. The molecule has 0 saturated carbocycles. The Morgan fingerprint density at radius 3 is 2.33 bits per heavy atom. The van der Waals surface area contributed by atoms with Crippen LogP contribution in [-0.4, -0.2) is 33.8 Å². The average Bonchev–Trinajstić information content (AvgIpc) is 2.57. The average molecular weight is 514 g/mol. The molecule has 0 heterocycles. The number of hydrogen-bond donors (Lipinski definition) is 2. The van der Waals surface area contributed by atoms with E-state index in [1.54, 1.807) is 21.3 Å². The summed E-state index contributed by atoms with van der Waals surface area (Å²) >= 11 is 3.51. The lowest BCUT2D eigenvalue weighted by Gasteiger charge is -2.17. The summed E-state index contributed by atoms with van der Waals surface area (Å²) in [6.45, 7) is 6.02. The van der Waals surface area contributed by atoms with E-state index in [9.17, 15) is 0 Å². The largest absolute Gasteiger partial charge is 0.493 e. The number of halogens is 2. The molecule has 0 bridgehead atoms. The lowest BCUT2D eigenvalue weighted by Crippen LogP contribution is -2.39. The van der Waals surface area contributed by atoms with Crippen LogP contribution in [0, 0.1) is 5.92 Å². The fourth-order valence-electron chi connectivity index (χ4n) is 2.30. The van der Waals surface area contributed by atoms with Crippen molar-refractivity contribution in [2.24, 2.45) is 10.9 Å². The smallest absolute Gasteiger partial charge is 0.191 e. The third kappa shape index (κ3) is 7.04. The summed E-state index contributed by atoms with van der Waals surface area (Å²) in [5, 5.41) is 6.71. The molecule has 0 unspecified atom stereocenters. The van der Waals surface area contributed by atoms with Crippen LogP contribution in [-0.2, 0) is 6.54 Å². The predicted octanol–water partition coefficient (Wildman–Crippen LogP) is 4.19. The van der Waals surface area contributed by atoms with Gasteiger partial charge in [0.1, 0.15) is 0 Å². The number of aliphatic imine (C=N–C) groups is 1. The molecule has 2 N–H and O–H groups in total. The number of guanidine groups is 1. The van der Waals surface area contributed by atoms with Gasteiger partial charge >= 0.3 is 0 Å². The Morgan fingerprint density at radius 1 is 1.17 bits per heavy atom. The van der Waals surface area contributed by atoms with Crippen molar-refractivity contribution in [2.75, 3.05) is 27.8 Å². The van der Waals surface area contributed by atoms with E-state index < -0.39 is 0 Å². The van der Waals surface area contributed by atoms with Gasteiger partial charge in [0.2, 0.25) is 0 Å². The van der Waals surface area contributed by atoms with Crippen LogP contribution in [0.5, 0.6) is 11.5 Å². The van der Waals surface area contributed by atoms with Crippen molar-refractivity contribution in [3.05, 3.63) is 22.2 Å². The second-order valence-electron chi connectivity index (χ2n) is 5.30. The van der Waals surface area contributed by atoms with Crippen molar-refractivity contribution in [1.82, 2.24) is 10.6 Å². The molecule has 1 aromatic rings. The van der Waals surface area contributed by atoms with Gasteiger partial charge < -0.3 is 20.1 Å². The molecule has 0 spiro atoms. The first-order valence-electron chi connectivity index (χ1n) is 7.94. The van der Waals surface area contributed by atoms with Gasteiger partial charge in [-0.25, -0.2) is 0 Å². The van der Waals surface area contributed by atoms with E-state index in [4.69, 9.17) is 9.47 Å². The summed E-state index contributed by atoms with van der Waals surface area (Å²) in [5.41, 5.74) is 1.08. The highest BCUT2D eigenvalue weighted by atomic mass is 127. The minimum Gasteiger partial charge on any atom is -0.493 e. The lowest BCUT2D eigenvalue weighted by atomic mass is 10.0. The highest BCUT2D eigenvalue weighted by Crippen LogP contribution is 2.36. The van der Waals surface area contributed by atoms with Gasteiger partial charge in [-0.05, 0) is 39.5 Å². The molecule has 1 aromatic carbocycles. The number of nitrogens with one attached hydrogen (secondary N) is 2. The zero-order chi connectivity index (χ0) is 17.2. The van der Waals surface area contributed by atoms with E-state index in [-0.39, 0.29) is 24.0 Å². The maximum atomic E-state index is 5.37. The summed E-state index contributed by atoms with van der Waals surface area (Å²) in [7, 11) is 5.05. The summed E-state index contributed by atoms with van der Waals surface area (Å²) < 4.78 is 11.6. The standard InChI is InChI=1S/C17H28BrN3O2.HI/c1-6-12(7-2)10-20-17(19-3)21-11-13-8-14(18)16(23-5)15(9-13)22-4;/h8-9,12H,6-7,10-11H2,1-5H3,(H2,19,20,21);1H. The summed E-state index contributed by atoms with van der Waals surface area (Å²) in [6.07, 6.45) is 2.34. The number of methoxy groups -OCH3 is 2. The van der Waals surface area contributed by atoms with Crippen molar-refractivity contribution >= 4 is 45.9 Å². The van der Waals surface area contributed by atoms with Gasteiger partial charge in [-0.3, -0.25) is 4.99 Å². The van der Waals surface area contributed by atoms with Gasteiger partial charge in [-0.15, -0.1) is 24.0 Å². The first-order chi connectivity index (χ1) is 11.1. The van der Waals surface area contributed by atoms with Gasteiger partial charge in [0, 0.05) is 20.1 Å². The molecule has 0 atom stereocenters. The maximum absolute atomic E-state index is 5.37. The molecule has 0 fully saturated rings. The van der Waals surface area contributed by atoms with Crippen LogP contribution >= 0.6 is 39.9 Å². The number of benzene rings is 1. The van der Waals surface area contributed by atoms with Crippen molar-refractivity contribution in [3.63, 3.8) is 0 Å². The molecule has 138 valence electrons. The molecular formula is C17H29BrIN3O2. The van der Waals surface area contributed by atoms with Crippen molar-refractivity contribution < 1.29 is 9.47 Å². The quantitative estimate of drug-likeness (QED) is 0.311. The second-order valence-corrected chi connectivity index (χ2v) is 6.16. The zero-order valence-electron chi connectivity index (χ0n) is 15.1. The molecule has 0 aliphatic carbocycles. The molecule has 0 aromatic heterocycles. The lowest BCUT2D eigenvalue weighted by molar-refractivity contribution is 0.352. The van der Waals surface area contributed by atoms with Crippen molar-refractivity contribution in [1.29, 1.82) is 0 Å². The molecule has 0 aliphatic heterocycles. The molecule has 24 heavy (non-hydrogen) atoms. The Morgan fingerprint density at radius 2 is 1.83 bits per heavy atom. The van der Waals surface area contributed by atoms with Gasteiger partial charge in [0.05, 0.1) is 18.7 Å². The summed E-state index contributed by atoms with van der Waals surface area (Å²) in [5.74, 6) is 2.89. The first-order valence-corrected chi connectivity index (χ1v) is 8.73. The minimum atomic E-state index is 0. The Labute approximate surface area is 171 Å². The molecule has 1 rings (SSSR count). The van der Waals surface area contributed by atoms with Gasteiger partial charge in [-0.1, -0.05) is 26.7 Å². The maximum Gasteiger partial charge on any atom is 0.191 e. The van der Waals surface area contributed by atoms with Gasteiger partial charge in [0.15, 0.2) is 17.5 Å². The van der Waals surface area contributed by atoms with Crippen LogP contribution < -0.4 is 20.1 Å². The van der Waals surface area contributed by atoms with Crippen LogP contribution in [0.25, 0.3) is 0 Å². The van der Waals surface area contributed by atoms with Gasteiger partial charge in [0.25, 0.3) is 0 Å². The van der Waals surface area contributed by atoms with E-state index in [0.29, 0.717) is 24.0 Å². The van der Waals surface area contributed by atoms with Crippen LogP contribution in [0.4, 0.5) is 0 Å². The third-order valence-corrected chi connectivity index (χ3v) is 4.48. The van der Waals surface area contributed by atoms with Crippen LogP contribution in [0.1, 0.15) is 32.3 Å². The normalized spacial score (nSPS) is 11.0. The fraction of sp³-hybridized carbons (Fsp3) is 0.588. The Kier molecular flexibility index (Phi) is 12.3. The SMILES string of the molecule is CCC(CC)CNC(=NC)NCc1cc(Br)c(OC)c(OC)c1.I. The number of rotatable bonds is 8. The van der Waals surface area contributed by atoms with E-state index in [0.717, 1.165) is 22.5 Å². The monoisotopic (exact) mass is 513 g/mol. The number of hydrogen-bond acceptors (Lipinski definition) is 3. The van der Waals surface area contributed by atoms with Crippen LogP contribution in [0.15, 0.2) is 21.6 Å². The second kappa shape index (κ2) is 12.6. The number of nitrogens with zero attached hydrogens (tertiary/aromatic N) is 1. The first kappa shape index (κ1) is 23.3. The van der Waals surface area contributed by atoms with Gasteiger partial charge in [-0.2, -0.15) is 0 Å². The Balaban J connectivity index is 0.00000529. The molecule has 0 radical (unpaired) electrons. The molecule has 7 heteroatoms. The highest BCUT2D eigenvalue weighted by Gasteiger charge is 2.11. The fourth-order valence-corrected chi connectivity index (χ4v) is 2.95. The van der Waals surface area contributed by atoms with E-state index in [2.05, 4.69) is 45.4 Å².